The summed E-state index contributed by atoms with van der Waals surface area (Å²) in [5, 5.41) is 9.89. The van der Waals surface area contributed by atoms with Gasteiger partial charge in [0.15, 0.2) is 0 Å². The highest BCUT2D eigenvalue weighted by Gasteiger charge is 2.60. The van der Waals surface area contributed by atoms with E-state index in [2.05, 4.69) is 4.72 Å². The highest BCUT2D eigenvalue weighted by molar-refractivity contribution is 7.87. The van der Waals surface area contributed by atoms with Crippen LogP contribution in [0.2, 0.25) is 0 Å². The summed E-state index contributed by atoms with van der Waals surface area (Å²) in [5.74, 6) is -1.57. The lowest BCUT2D eigenvalue weighted by atomic mass is 9.79. The van der Waals surface area contributed by atoms with Gasteiger partial charge in [0, 0.05) is 6.54 Å². The number of nitrogens with one attached hydrogen (secondary N) is 1. The molecular weight excluding hydrogens is 548 g/mol. The van der Waals surface area contributed by atoms with E-state index < -0.39 is 46.6 Å². The third-order valence-electron chi connectivity index (χ3n) is 9.10. The van der Waals surface area contributed by atoms with Gasteiger partial charge in [0.1, 0.15) is 6.54 Å². The molecule has 4 aliphatic rings. The van der Waals surface area contributed by atoms with Crippen LogP contribution < -0.4 is 4.72 Å². The van der Waals surface area contributed by atoms with E-state index in [4.69, 9.17) is 0 Å². The van der Waals surface area contributed by atoms with E-state index in [1.54, 1.807) is 6.08 Å². The molecule has 0 aromatic heterocycles. The maximum Gasteiger partial charge on any atom is 0.402 e. The molecule has 2 aliphatic heterocycles. The van der Waals surface area contributed by atoms with E-state index in [1.165, 1.54) is 0 Å². The summed E-state index contributed by atoms with van der Waals surface area (Å²) in [6, 6.07) is 5.44. The van der Waals surface area contributed by atoms with Crippen LogP contribution in [0.15, 0.2) is 24.3 Å². The lowest BCUT2D eigenvalue weighted by Crippen LogP contribution is -2.52. The number of benzene rings is 1. The van der Waals surface area contributed by atoms with Crippen LogP contribution in [0.4, 0.5) is 26.3 Å². The first kappa shape index (κ1) is 28.8. The van der Waals surface area contributed by atoms with Crippen molar-refractivity contribution in [2.24, 2.45) is 17.8 Å². The number of piperidine rings is 1. The van der Waals surface area contributed by atoms with Crippen molar-refractivity contribution in [2.75, 3.05) is 32.8 Å². The van der Waals surface area contributed by atoms with Gasteiger partial charge in [-0.3, -0.25) is 4.90 Å². The third-order valence-corrected chi connectivity index (χ3v) is 10.7. The molecule has 1 spiro atoms. The predicted octanol–water partition coefficient (Wildman–Crippen LogP) is 3.91. The topological polar surface area (TPSA) is 72.9 Å². The number of aliphatic hydroxyl groups is 1. The average Bonchev–Trinajstić information content (AvgIpc) is 3.23. The molecule has 2 N–H and O–H groups in total. The Morgan fingerprint density at radius 1 is 1.03 bits per heavy atom. The Morgan fingerprint density at radius 2 is 1.67 bits per heavy atom. The van der Waals surface area contributed by atoms with Crippen molar-refractivity contribution in [1.82, 2.24) is 13.9 Å². The first-order valence-corrected chi connectivity index (χ1v) is 14.7. The van der Waals surface area contributed by atoms with Gasteiger partial charge in [-0.25, -0.2) is 0 Å². The van der Waals surface area contributed by atoms with Gasteiger partial charge in [-0.2, -0.15) is 43.8 Å². The summed E-state index contributed by atoms with van der Waals surface area (Å²) in [5.41, 5.74) is 1.96. The van der Waals surface area contributed by atoms with Crippen LogP contribution in [0.25, 0.3) is 6.08 Å². The van der Waals surface area contributed by atoms with Gasteiger partial charge < -0.3 is 5.11 Å². The van der Waals surface area contributed by atoms with E-state index >= 15 is 0 Å². The van der Waals surface area contributed by atoms with Crippen LogP contribution in [0.3, 0.4) is 0 Å². The number of halogens is 6. The van der Waals surface area contributed by atoms with E-state index in [-0.39, 0.29) is 50.9 Å². The van der Waals surface area contributed by atoms with Gasteiger partial charge in [0.25, 0.3) is 10.2 Å². The number of fused-ring (bicyclic) bond motifs is 1. The van der Waals surface area contributed by atoms with Gasteiger partial charge in [-0.05, 0) is 80.1 Å². The molecule has 5 rings (SSSR count). The summed E-state index contributed by atoms with van der Waals surface area (Å²) >= 11 is 0. The fourth-order valence-corrected chi connectivity index (χ4v) is 8.75. The average molecular weight is 582 g/mol. The normalized spacial score (nSPS) is 31.2. The Morgan fingerprint density at radius 3 is 2.26 bits per heavy atom. The van der Waals surface area contributed by atoms with Crippen LogP contribution in [-0.2, 0) is 23.1 Å². The van der Waals surface area contributed by atoms with Gasteiger partial charge in [0.2, 0.25) is 0 Å². The molecule has 6 nitrogen and oxygen atoms in total. The van der Waals surface area contributed by atoms with Crippen LogP contribution in [-0.4, -0.2) is 79.4 Å². The summed E-state index contributed by atoms with van der Waals surface area (Å²) in [6.45, 7) is -1.44. The van der Waals surface area contributed by atoms with Crippen molar-refractivity contribution >= 4 is 16.3 Å². The zero-order valence-electron chi connectivity index (χ0n) is 21.3. The second kappa shape index (κ2) is 10.3. The first-order chi connectivity index (χ1) is 18.2. The number of alkyl halides is 6. The highest BCUT2D eigenvalue weighted by Crippen LogP contribution is 2.50. The van der Waals surface area contributed by atoms with Crippen molar-refractivity contribution < 1.29 is 39.9 Å². The van der Waals surface area contributed by atoms with E-state index in [0.717, 1.165) is 23.1 Å². The molecule has 1 unspecified atom stereocenters. The molecule has 0 radical (unpaired) electrons. The van der Waals surface area contributed by atoms with Crippen molar-refractivity contribution in [2.45, 2.75) is 62.5 Å². The number of hydrogen-bond acceptors (Lipinski definition) is 4. The van der Waals surface area contributed by atoms with Crippen molar-refractivity contribution in [3.05, 3.63) is 41.0 Å². The number of aliphatic hydroxyl groups excluding tert-OH is 1. The van der Waals surface area contributed by atoms with Crippen molar-refractivity contribution in [3.63, 3.8) is 0 Å². The zero-order chi connectivity index (χ0) is 28.2. The molecule has 3 fully saturated rings. The smallest absolute Gasteiger partial charge is 0.394 e. The Hall–Kier alpha value is -1.67. The number of nitrogens with zero attached hydrogens (tertiary/aromatic N) is 2. The summed E-state index contributed by atoms with van der Waals surface area (Å²) in [7, 11) is -4.25. The summed E-state index contributed by atoms with van der Waals surface area (Å²) in [4.78, 5) is 1.85. The minimum Gasteiger partial charge on any atom is -0.394 e. The number of hydrogen-bond donors (Lipinski definition) is 2. The quantitative estimate of drug-likeness (QED) is 0.518. The second-order valence-corrected chi connectivity index (χ2v) is 13.1. The van der Waals surface area contributed by atoms with Crippen LogP contribution in [0, 0.1) is 17.8 Å². The molecule has 1 aromatic rings. The van der Waals surface area contributed by atoms with Crippen LogP contribution in [0.1, 0.15) is 42.4 Å². The van der Waals surface area contributed by atoms with E-state index in [0.29, 0.717) is 23.6 Å². The lowest BCUT2D eigenvalue weighted by molar-refractivity contribution is -0.185. The minimum absolute atomic E-state index is 0.00114. The molecule has 2 aliphatic carbocycles. The van der Waals surface area contributed by atoms with Crippen LogP contribution in [0.5, 0.6) is 0 Å². The van der Waals surface area contributed by atoms with E-state index in [9.17, 15) is 39.9 Å². The lowest BCUT2D eigenvalue weighted by Gasteiger charge is -2.36. The maximum atomic E-state index is 13.1. The Balaban J connectivity index is 1.30. The minimum atomic E-state index is -4.63. The fraction of sp³-hybridized carbons (Fsp3) is 0.692. The molecule has 2 saturated heterocycles. The molecule has 4 atom stereocenters. The van der Waals surface area contributed by atoms with Gasteiger partial charge in [-0.15, -0.1) is 0 Å². The maximum absolute atomic E-state index is 13.1. The van der Waals surface area contributed by atoms with E-state index in [1.807, 2.05) is 29.2 Å². The first-order valence-electron chi connectivity index (χ1n) is 13.3. The fourth-order valence-electron chi connectivity index (χ4n) is 7.05. The van der Waals surface area contributed by atoms with Crippen molar-refractivity contribution in [1.29, 1.82) is 0 Å². The highest BCUT2D eigenvalue weighted by atomic mass is 32.2. The molecular formula is C26H33F6N3O3S. The molecule has 13 heteroatoms. The second-order valence-electron chi connectivity index (χ2n) is 11.4. The summed E-state index contributed by atoms with van der Waals surface area (Å²) < 4.78 is 107. The Bertz CT molecular complexity index is 1200. The Kier molecular flexibility index (Phi) is 7.62. The third kappa shape index (κ3) is 5.88. The van der Waals surface area contributed by atoms with Crippen LogP contribution >= 0.6 is 0 Å². The van der Waals surface area contributed by atoms with Gasteiger partial charge in [-0.1, -0.05) is 30.4 Å². The van der Waals surface area contributed by atoms with Crippen molar-refractivity contribution in [3.8, 4) is 0 Å². The Labute approximate surface area is 224 Å². The SMILES string of the molecule is O=S1(=O)N[C@]2(CN1CC(F)(F)F)[C@@H]1CC[C@H]2Cc2cc(/C=C/C(CO)N3CCC(C(F)(F)F)CC3)ccc2C1. The molecule has 1 saturated carbocycles. The number of rotatable bonds is 5. The van der Waals surface area contributed by atoms with Gasteiger partial charge >= 0.3 is 12.4 Å². The monoisotopic (exact) mass is 581 g/mol. The molecule has 2 bridgehead atoms. The zero-order valence-corrected chi connectivity index (χ0v) is 22.1. The predicted molar refractivity (Wildman–Crippen MR) is 133 cm³/mol. The molecule has 2 heterocycles. The standard InChI is InChI=1S/C26H33F6N3O3S/c27-25(28,29)16-35-15-24(33-39(35,37)38)21-4-5-22(24)13-19-11-17(1-3-18(19)12-21)2-6-23(14-36)34-9-7-20(8-10-34)26(30,31)32/h1-3,6,11,20-23,33,36H,4-5,7-10,12-16H2/b6-2+/t21-,22+,23?,24-/m1/s1. The van der Waals surface area contributed by atoms with Gasteiger partial charge in [0.05, 0.1) is 24.1 Å². The molecule has 39 heavy (non-hydrogen) atoms. The molecule has 218 valence electrons. The molecule has 1 aromatic carbocycles. The number of likely N-dealkylation sites (tertiary alicyclic amines) is 1. The summed E-state index contributed by atoms with van der Waals surface area (Å²) in [6.07, 6.45) is -2.66. The largest absolute Gasteiger partial charge is 0.402 e. The molecule has 0 amide bonds.